The van der Waals surface area contributed by atoms with Crippen LogP contribution in [0.1, 0.15) is 39.0 Å². The van der Waals surface area contributed by atoms with E-state index >= 15 is 0 Å². The van der Waals surface area contributed by atoms with E-state index in [1.54, 1.807) is 6.92 Å². The van der Waals surface area contributed by atoms with Gasteiger partial charge in [-0.15, -0.1) is 0 Å². The summed E-state index contributed by atoms with van der Waals surface area (Å²) in [6.07, 6.45) is 4.90. The lowest BCUT2D eigenvalue weighted by atomic mass is 9.95. The number of likely N-dealkylation sites (tertiary alicyclic amines) is 1. The van der Waals surface area contributed by atoms with Crippen molar-refractivity contribution in [2.24, 2.45) is 5.92 Å². The normalized spacial score (nSPS) is 30.2. The molecular formula is C13H23NO3S. The average Bonchev–Trinajstić information content (AvgIpc) is 2.94. The Morgan fingerprint density at radius 1 is 1.28 bits per heavy atom. The molecule has 2 fully saturated rings. The summed E-state index contributed by atoms with van der Waals surface area (Å²) < 4.78 is 23.1. The molecule has 4 nitrogen and oxygen atoms in total. The van der Waals surface area contributed by atoms with E-state index in [-0.39, 0.29) is 17.4 Å². The Morgan fingerprint density at radius 3 is 2.67 bits per heavy atom. The second kappa shape index (κ2) is 5.70. The van der Waals surface area contributed by atoms with Crippen LogP contribution in [0.4, 0.5) is 0 Å². The first-order valence-electron chi connectivity index (χ1n) is 7.00. The van der Waals surface area contributed by atoms with Crippen molar-refractivity contribution in [3.8, 4) is 0 Å². The summed E-state index contributed by atoms with van der Waals surface area (Å²) in [7, 11) is -2.89. The van der Waals surface area contributed by atoms with Gasteiger partial charge in [0.25, 0.3) is 0 Å². The number of ketones is 1. The van der Waals surface area contributed by atoms with Gasteiger partial charge in [0.1, 0.15) is 5.78 Å². The third kappa shape index (κ3) is 3.12. The Labute approximate surface area is 110 Å². The van der Waals surface area contributed by atoms with E-state index in [0.29, 0.717) is 18.4 Å². The van der Waals surface area contributed by atoms with E-state index in [9.17, 15) is 13.2 Å². The van der Waals surface area contributed by atoms with Gasteiger partial charge in [-0.3, -0.25) is 9.69 Å². The Hall–Kier alpha value is -0.420. The van der Waals surface area contributed by atoms with Crippen LogP contribution >= 0.6 is 0 Å². The largest absolute Gasteiger partial charge is 0.299 e. The zero-order valence-corrected chi connectivity index (χ0v) is 11.9. The molecule has 18 heavy (non-hydrogen) atoms. The number of sulfone groups is 1. The van der Waals surface area contributed by atoms with E-state index in [2.05, 4.69) is 4.90 Å². The standard InChI is InChI=1S/C13H23NO3S/c1-2-18(16,17)10-9-14-8-4-6-12(14)11-5-3-7-13(11)15/h11-12H,2-10H2,1H3. The SMILES string of the molecule is CCS(=O)(=O)CCN1CCCC1C1CCCC1=O. The minimum Gasteiger partial charge on any atom is -0.299 e. The van der Waals surface area contributed by atoms with Crippen LogP contribution in [0.2, 0.25) is 0 Å². The molecule has 0 aromatic heterocycles. The van der Waals surface area contributed by atoms with Gasteiger partial charge < -0.3 is 0 Å². The number of hydrogen-bond donors (Lipinski definition) is 0. The van der Waals surface area contributed by atoms with Crippen LogP contribution in [-0.2, 0) is 14.6 Å². The second-order valence-corrected chi connectivity index (χ2v) is 7.92. The molecule has 0 bridgehead atoms. The average molecular weight is 273 g/mol. The van der Waals surface area contributed by atoms with Gasteiger partial charge in [0.15, 0.2) is 9.84 Å². The molecule has 2 aliphatic rings. The highest BCUT2D eigenvalue weighted by molar-refractivity contribution is 7.91. The third-order valence-electron chi connectivity index (χ3n) is 4.36. The van der Waals surface area contributed by atoms with Crippen LogP contribution in [-0.4, -0.2) is 49.7 Å². The molecule has 1 saturated carbocycles. The molecule has 5 heteroatoms. The number of carbonyl (C=O) groups excluding carboxylic acids is 1. The van der Waals surface area contributed by atoms with E-state index in [1.807, 2.05) is 0 Å². The number of Topliss-reactive ketones (excluding diaryl/α,β-unsaturated/α-hetero) is 1. The molecule has 104 valence electrons. The molecule has 2 unspecified atom stereocenters. The summed E-state index contributed by atoms with van der Waals surface area (Å²) in [5.41, 5.74) is 0. The van der Waals surface area contributed by atoms with Gasteiger partial charge in [0, 0.05) is 30.7 Å². The maximum atomic E-state index is 11.8. The predicted octanol–water partition coefficient (Wildman–Crippen LogP) is 1.25. The first-order chi connectivity index (χ1) is 8.53. The van der Waals surface area contributed by atoms with Crippen LogP contribution in [0.3, 0.4) is 0 Å². The highest BCUT2D eigenvalue weighted by Gasteiger charge is 2.37. The van der Waals surface area contributed by atoms with E-state index in [0.717, 1.165) is 38.6 Å². The molecule has 0 radical (unpaired) electrons. The van der Waals surface area contributed by atoms with Crippen molar-refractivity contribution in [1.29, 1.82) is 0 Å². The quantitative estimate of drug-likeness (QED) is 0.756. The molecule has 2 atom stereocenters. The van der Waals surface area contributed by atoms with Crippen LogP contribution in [0.5, 0.6) is 0 Å². The summed E-state index contributed by atoms with van der Waals surface area (Å²) in [4.78, 5) is 14.1. The van der Waals surface area contributed by atoms with Crippen LogP contribution in [0.15, 0.2) is 0 Å². The minimum atomic E-state index is -2.89. The second-order valence-electron chi connectivity index (χ2n) is 5.45. The first-order valence-corrected chi connectivity index (χ1v) is 8.83. The van der Waals surface area contributed by atoms with Gasteiger partial charge in [-0.05, 0) is 32.2 Å². The maximum absolute atomic E-state index is 11.8. The molecular weight excluding hydrogens is 250 g/mol. The van der Waals surface area contributed by atoms with Crippen molar-refractivity contribution < 1.29 is 13.2 Å². The smallest absolute Gasteiger partial charge is 0.151 e. The van der Waals surface area contributed by atoms with Gasteiger partial charge >= 0.3 is 0 Å². The maximum Gasteiger partial charge on any atom is 0.151 e. The number of rotatable bonds is 5. The summed E-state index contributed by atoms with van der Waals surface area (Å²) in [6, 6.07) is 0.312. The van der Waals surface area contributed by atoms with E-state index in [1.165, 1.54) is 0 Å². The third-order valence-corrected chi connectivity index (χ3v) is 6.04. The predicted molar refractivity (Wildman–Crippen MR) is 71.3 cm³/mol. The van der Waals surface area contributed by atoms with Crippen molar-refractivity contribution in [2.45, 2.75) is 45.1 Å². The van der Waals surface area contributed by atoms with Gasteiger partial charge in [0.05, 0.1) is 5.75 Å². The molecule has 1 heterocycles. The first kappa shape index (κ1) is 14.0. The zero-order valence-electron chi connectivity index (χ0n) is 11.1. The number of carbonyl (C=O) groups is 1. The van der Waals surface area contributed by atoms with Crippen molar-refractivity contribution in [1.82, 2.24) is 4.90 Å². The lowest BCUT2D eigenvalue weighted by Gasteiger charge is -2.28. The number of nitrogens with zero attached hydrogens (tertiary/aromatic N) is 1. The highest BCUT2D eigenvalue weighted by atomic mass is 32.2. The van der Waals surface area contributed by atoms with E-state index in [4.69, 9.17) is 0 Å². The number of hydrogen-bond acceptors (Lipinski definition) is 4. The van der Waals surface area contributed by atoms with Gasteiger partial charge in [-0.25, -0.2) is 8.42 Å². The molecule has 1 aliphatic heterocycles. The van der Waals surface area contributed by atoms with Crippen molar-refractivity contribution in [3.63, 3.8) is 0 Å². The summed E-state index contributed by atoms with van der Waals surface area (Å²) in [5.74, 6) is 1.02. The van der Waals surface area contributed by atoms with E-state index < -0.39 is 9.84 Å². The Morgan fingerprint density at radius 2 is 2.06 bits per heavy atom. The molecule has 0 spiro atoms. The summed E-state index contributed by atoms with van der Waals surface area (Å²) in [5, 5.41) is 0. The van der Waals surface area contributed by atoms with Crippen molar-refractivity contribution in [2.75, 3.05) is 24.6 Å². The minimum absolute atomic E-state index is 0.178. The van der Waals surface area contributed by atoms with Crippen molar-refractivity contribution >= 4 is 15.6 Å². The summed E-state index contributed by atoms with van der Waals surface area (Å²) >= 11 is 0. The lowest BCUT2D eigenvalue weighted by Crippen LogP contribution is -2.40. The molecule has 0 N–H and O–H groups in total. The van der Waals surface area contributed by atoms with Gasteiger partial charge in [-0.2, -0.15) is 0 Å². The fourth-order valence-corrected chi connectivity index (χ4v) is 4.04. The monoisotopic (exact) mass is 273 g/mol. The van der Waals surface area contributed by atoms with Gasteiger partial charge in [0.2, 0.25) is 0 Å². The molecule has 1 saturated heterocycles. The Kier molecular flexibility index (Phi) is 4.43. The zero-order chi connectivity index (χ0) is 13.2. The highest BCUT2D eigenvalue weighted by Crippen LogP contribution is 2.33. The fraction of sp³-hybridized carbons (Fsp3) is 0.923. The van der Waals surface area contributed by atoms with Crippen molar-refractivity contribution in [3.05, 3.63) is 0 Å². The van der Waals surface area contributed by atoms with Crippen LogP contribution in [0.25, 0.3) is 0 Å². The molecule has 0 aromatic carbocycles. The lowest BCUT2D eigenvalue weighted by molar-refractivity contribution is -0.122. The summed E-state index contributed by atoms with van der Waals surface area (Å²) in [6.45, 7) is 3.25. The van der Waals surface area contributed by atoms with Crippen LogP contribution < -0.4 is 0 Å². The van der Waals surface area contributed by atoms with Gasteiger partial charge in [-0.1, -0.05) is 6.92 Å². The Bertz CT molecular complexity index is 404. The van der Waals surface area contributed by atoms with Crippen LogP contribution in [0, 0.1) is 5.92 Å². The molecule has 0 amide bonds. The fourth-order valence-electron chi connectivity index (χ4n) is 3.24. The molecule has 0 aromatic rings. The Balaban J connectivity index is 1.93. The molecule has 2 rings (SSSR count). The molecule has 1 aliphatic carbocycles. The topological polar surface area (TPSA) is 54.5 Å².